The van der Waals surface area contributed by atoms with Crippen molar-refractivity contribution in [2.24, 2.45) is 0 Å². The van der Waals surface area contributed by atoms with Crippen LogP contribution in [0, 0.1) is 13.8 Å². The Morgan fingerprint density at radius 3 is 2.59 bits per heavy atom. The van der Waals surface area contributed by atoms with Crippen molar-refractivity contribution in [3.63, 3.8) is 0 Å². The normalized spacial score (nSPS) is 12.1. The SMILES string of the molecule is CC(=O)c1ccc(OC[C@H](O)Cn2cnc3scc(-c4ccc(C)c(C)c4)c3c2=O)cc1. The number of Topliss-reactive ketones (excluding diaryl/α,β-unsaturated/α-hetero) is 1. The molecule has 2 aromatic heterocycles. The monoisotopic (exact) mass is 448 g/mol. The maximum Gasteiger partial charge on any atom is 0.262 e. The molecule has 0 saturated heterocycles. The van der Waals surface area contributed by atoms with Crippen LogP contribution in [0.25, 0.3) is 21.3 Å². The van der Waals surface area contributed by atoms with Gasteiger partial charge in [-0.1, -0.05) is 18.2 Å². The first-order valence-electron chi connectivity index (χ1n) is 10.3. The average Bonchev–Trinajstić information content (AvgIpc) is 3.21. The predicted octanol–water partition coefficient (Wildman–Crippen LogP) is 4.38. The fourth-order valence-electron chi connectivity index (χ4n) is 3.48. The van der Waals surface area contributed by atoms with E-state index in [4.69, 9.17) is 4.74 Å². The van der Waals surface area contributed by atoms with Gasteiger partial charge in [0.2, 0.25) is 0 Å². The standard InChI is InChI=1S/C25H24N2O4S/c1-15-4-5-19(10-16(15)2)22-13-32-24-23(22)25(30)27(14-26-24)11-20(29)12-31-21-8-6-18(7-9-21)17(3)28/h4-10,13-14,20,29H,11-12H2,1-3H3/t20-/m1/s1. The van der Waals surface area contributed by atoms with Crippen LogP contribution in [0.15, 0.2) is 59.0 Å². The molecule has 2 heterocycles. The first-order chi connectivity index (χ1) is 15.3. The van der Waals surface area contributed by atoms with E-state index in [1.165, 1.54) is 34.7 Å². The van der Waals surface area contributed by atoms with Crippen LogP contribution in [0.5, 0.6) is 5.75 Å². The van der Waals surface area contributed by atoms with Crippen LogP contribution in [0.3, 0.4) is 0 Å². The van der Waals surface area contributed by atoms with E-state index in [0.717, 1.165) is 16.7 Å². The van der Waals surface area contributed by atoms with Gasteiger partial charge >= 0.3 is 0 Å². The van der Waals surface area contributed by atoms with Gasteiger partial charge in [0.05, 0.1) is 18.3 Å². The number of aliphatic hydroxyl groups is 1. The van der Waals surface area contributed by atoms with E-state index in [2.05, 4.69) is 18.0 Å². The number of aryl methyl sites for hydroxylation is 2. The number of aromatic nitrogens is 2. The van der Waals surface area contributed by atoms with Gasteiger partial charge in [0.1, 0.15) is 23.3 Å². The van der Waals surface area contributed by atoms with Crippen molar-refractivity contribution >= 4 is 27.3 Å². The van der Waals surface area contributed by atoms with Gasteiger partial charge in [-0.3, -0.25) is 14.2 Å². The fourth-order valence-corrected chi connectivity index (χ4v) is 4.38. The van der Waals surface area contributed by atoms with Crippen LogP contribution in [0.1, 0.15) is 28.4 Å². The van der Waals surface area contributed by atoms with Gasteiger partial charge < -0.3 is 9.84 Å². The molecule has 6 nitrogen and oxygen atoms in total. The zero-order valence-corrected chi connectivity index (χ0v) is 19.0. The first-order valence-corrected chi connectivity index (χ1v) is 11.2. The molecule has 0 fully saturated rings. The highest BCUT2D eigenvalue weighted by Gasteiger charge is 2.16. The van der Waals surface area contributed by atoms with Crippen LogP contribution < -0.4 is 10.3 Å². The Hall–Kier alpha value is -3.29. The van der Waals surface area contributed by atoms with Crippen LogP contribution in [0.4, 0.5) is 0 Å². The molecule has 4 aromatic rings. The minimum absolute atomic E-state index is 0.0115. The number of fused-ring (bicyclic) bond motifs is 1. The van der Waals surface area contributed by atoms with Crippen LogP contribution in [-0.4, -0.2) is 33.2 Å². The van der Waals surface area contributed by atoms with E-state index in [1.807, 2.05) is 24.4 Å². The molecule has 0 bridgehead atoms. The summed E-state index contributed by atoms with van der Waals surface area (Å²) in [6.45, 7) is 5.68. The summed E-state index contributed by atoms with van der Waals surface area (Å²) in [6, 6.07) is 12.9. The minimum Gasteiger partial charge on any atom is -0.491 e. The van der Waals surface area contributed by atoms with Crippen molar-refractivity contribution in [1.29, 1.82) is 0 Å². The van der Waals surface area contributed by atoms with Crippen LogP contribution in [0.2, 0.25) is 0 Å². The van der Waals surface area contributed by atoms with Crippen LogP contribution in [-0.2, 0) is 6.54 Å². The second kappa shape index (κ2) is 9.06. The number of carbonyl (C=O) groups is 1. The summed E-state index contributed by atoms with van der Waals surface area (Å²) >= 11 is 1.44. The van der Waals surface area contributed by atoms with E-state index in [9.17, 15) is 14.7 Å². The lowest BCUT2D eigenvalue weighted by Crippen LogP contribution is -2.30. The lowest BCUT2D eigenvalue weighted by atomic mass is 10.0. The number of carbonyl (C=O) groups excluding carboxylic acids is 1. The van der Waals surface area contributed by atoms with E-state index >= 15 is 0 Å². The molecule has 164 valence electrons. The molecule has 0 aliphatic carbocycles. The second-order valence-corrected chi connectivity index (χ2v) is 8.73. The highest BCUT2D eigenvalue weighted by Crippen LogP contribution is 2.31. The van der Waals surface area contributed by atoms with E-state index in [1.54, 1.807) is 24.3 Å². The Labute approximate surface area is 189 Å². The summed E-state index contributed by atoms with van der Waals surface area (Å²) < 4.78 is 7.03. The van der Waals surface area contributed by atoms with Crippen molar-refractivity contribution in [3.8, 4) is 16.9 Å². The lowest BCUT2D eigenvalue weighted by molar-refractivity contribution is 0.0914. The average molecular weight is 449 g/mol. The molecule has 0 spiro atoms. The van der Waals surface area contributed by atoms with Crippen molar-refractivity contribution in [1.82, 2.24) is 9.55 Å². The smallest absolute Gasteiger partial charge is 0.262 e. The lowest BCUT2D eigenvalue weighted by Gasteiger charge is -2.14. The predicted molar refractivity (Wildman–Crippen MR) is 127 cm³/mol. The first kappa shape index (κ1) is 21.9. The zero-order valence-electron chi connectivity index (χ0n) is 18.2. The molecule has 1 atom stereocenters. The number of benzene rings is 2. The Balaban J connectivity index is 1.53. The number of nitrogens with zero attached hydrogens (tertiary/aromatic N) is 2. The summed E-state index contributed by atoms with van der Waals surface area (Å²) in [6.07, 6.45) is 0.569. The number of aliphatic hydroxyl groups excluding tert-OH is 1. The van der Waals surface area contributed by atoms with E-state index in [0.29, 0.717) is 21.5 Å². The third-order valence-corrected chi connectivity index (χ3v) is 6.38. The van der Waals surface area contributed by atoms with Crippen molar-refractivity contribution in [2.75, 3.05) is 6.61 Å². The minimum atomic E-state index is -0.900. The molecular formula is C25H24N2O4S. The second-order valence-electron chi connectivity index (χ2n) is 7.88. The summed E-state index contributed by atoms with van der Waals surface area (Å²) in [7, 11) is 0. The summed E-state index contributed by atoms with van der Waals surface area (Å²) in [4.78, 5) is 29.7. The Kier molecular flexibility index (Phi) is 6.21. The molecule has 0 saturated carbocycles. The molecule has 4 rings (SSSR count). The summed E-state index contributed by atoms with van der Waals surface area (Å²) in [5.74, 6) is 0.525. The van der Waals surface area contributed by atoms with Gasteiger partial charge in [0, 0.05) is 16.5 Å². The van der Waals surface area contributed by atoms with Gasteiger partial charge in [0.15, 0.2) is 5.78 Å². The van der Waals surface area contributed by atoms with Crippen molar-refractivity contribution in [3.05, 3.63) is 81.2 Å². The van der Waals surface area contributed by atoms with Gasteiger partial charge in [-0.25, -0.2) is 4.98 Å². The number of hydrogen-bond acceptors (Lipinski definition) is 6. The molecule has 0 amide bonds. The molecule has 0 radical (unpaired) electrons. The molecule has 32 heavy (non-hydrogen) atoms. The fraction of sp³-hybridized carbons (Fsp3) is 0.240. The molecule has 1 N–H and O–H groups in total. The Bertz CT molecular complexity index is 1340. The highest BCUT2D eigenvalue weighted by atomic mass is 32.1. The third kappa shape index (κ3) is 4.49. The number of ether oxygens (including phenoxy) is 1. The molecule has 2 aromatic carbocycles. The molecule has 0 unspecified atom stereocenters. The van der Waals surface area contributed by atoms with Gasteiger partial charge in [-0.05, 0) is 61.7 Å². The largest absolute Gasteiger partial charge is 0.491 e. The van der Waals surface area contributed by atoms with Crippen molar-refractivity contribution < 1.29 is 14.6 Å². The topological polar surface area (TPSA) is 81.4 Å². The van der Waals surface area contributed by atoms with E-state index < -0.39 is 6.10 Å². The van der Waals surface area contributed by atoms with E-state index in [-0.39, 0.29) is 24.5 Å². The molecule has 0 aliphatic rings. The molecule has 0 aliphatic heterocycles. The number of ketones is 1. The van der Waals surface area contributed by atoms with Gasteiger partial charge in [-0.2, -0.15) is 0 Å². The molecule has 7 heteroatoms. The summed E-state index contributed by atoms with van der Waals surface area (Å²) in [5.41, 5.74) is 4.61. The van der Waals surface area contributed by atoms with Gasteiger partial charge in [-0.15, -0.1) is 11.3 Å². The Morgan fingerprint density at radius 2 is 1.91 bits per heavy atom. The highest BCUT2D eigenvalue weighted by molar-refractivity contribution is 7.17. The quantitative estimate of drug-likeness (QED) is 0.424. The third-order valence-electron chi connectivity index (χ3n) is 5.49. The number of hydrogen-bond donors (Lipinski definition) is 1. The van der Waals surface area contributed by atoms with Gasteiger partial charge in [0.25, 0.3) is 5.56 Å². The molecular weight excluding hydrogens is 424 g/mol. The maximum atomic E-state index is 13.2. The summed E-state index contributed by atoms with van der Waals surface area (Å²) in [5, 5.41) is 13.0. The van der Waals surface area contributed by atoms with Crippen LogP contribution >= 0.6 is 11.3 Å². The Morgan fingerprint density at radius 1 is 1.16 bits per heavy atom. The zero-order chi connectivity index (χ0) is 22.8. The maximum absolute atomic E-state index is 13.2. The van der Waals surface area contributed by atoms with Crippen molar-refractivity contribution in [2.45, 2.75) is 33.4 Å². The number of rotatable bonds is 7. The number of thiophene rings is 1.